The number of carbonyl (C=O) groups excluding carboxylic acids is 2. The van der Waals surface area contributed by atoms with Gasteiger partial charge >= 0.3 is 11.9 Å². The van der Waals surface area contributed by atoms with E-state index in [0.717, 1.165) is 11.1 Å². The van der Waals surface area contributed by atoms with E-state index in [-0.39, 0.29) is 23.1 Å². The maximum atomic E-state index is 11.3. The summed E-state index contributed by atoms with van der Waals surface area (Å²) in [4.78, 5) is 22.5. The van der Waals surface area contributed by atoms with Gasteiger partial charge in [-0.3, -0.25) is 9.59 Å². The summed E-state index contributed by atoms with van der Waals surface area (Å²) in [5, 5.41) is 0. The summed E-state index contributed by atoms with van der Waals surface area (Å²) < 4.78 is 16.4. The number of fused-ring (bicyclic) bond motifs is 2. The average molecular weight is 290 g/mol. The number of carbonyl (C=O) groups is 2. The number of rotatable bonds is 2. The van der Waals surface area contributed by atoms with Crippen LogP contribution >= 0.6 is 0 Å². The first-order valence-electron chi connectivity index (χ1n) is 6.96. The van der Waals surface area contributed by atoms with Crippen LogP contribution < -0.4 is 9.47 Å². The fourth-order valence-corrected chi connectivity index (χ4v) is 3.13. The number of hydrogen-bond acceptors (Lipinski definition) is 5. The highest BCUT2D eigenvalue weighted by molar-refractivity contribution is 5.73. The third-order valence-electron chi connectivity index (χ3n) is 4.41. The smallest absolute Gasteiger partial charge is 0.308 e. The molecule has 1 aromatic rings. The Labute approximate surface area is 123 Å². The highest BCUT2D eigenvalue weighted by Gasteiger charge is 2.66. The maximum Gasteiger partial charge on any atom is 0.308 e. The first-order chi connectivity index (χ1) is 9.74. The van der Waals surface area contributed by atoms with E-state index in [9.17, 15) is 9.59 Å². The molecule has 0 amide bonds. The van der Waals surface area contributed by atoms with Crippen molar-refractivity contribution in [2.45, 2.75) is 51.7 Å². The Kier molecular flexibility index (Phi) is 2.89. The Bertz CT molecular complexity index is 595. The lowest BCUT2D eigenvalue weighted by molar-refractivity contribution is -0.133. The van der Waals surface area contributed by atoms with E-state index >= 15 is 0 Å². The second-order valence-corrected chi connectivity index (χ2v) is 6.12. The van der Waals surface area contributed by atoms with E-state index in [1.807, 2.05) is 13.8 Å². The minimum atomic E-state index is -0.368. The van der Waals surface area contributed by atoms with Gasteiger partial charge in [-0.2, -0.15) is 0 Å². The van der Waals surface area contributed by atoms with Crippen LogP contribution in [0.2, 0.25) is 0 Å². The van der Waals surface area contributed by atoms with Crippen molar-refractivity contribution in [1.82, 2.24) is 0 Å². The molecule has 5 nitrogen and oxygen atoms in total. The lowest BCUT2D eigenvalue weighted by atomic mass is 9.77. The molecule has 0 bridgehead atoms. The SMILES string of the molecule is CC(=O)Oc1ccc(OC(C)=O)c2c1C[C@@]1(C)O[C@]1(C)C2. The fourth-order valence-electron chi connectivity index (χ4n) is 3.13. The second-order valence-electron chi connectivity index (χ2n) is 6.12. The molecule has 0 N–H and O–H groups in total. The van der Waals surface area contributed by atoms with Crippen molar-refractivity contribution < 1.29 is 23.8 Å². The number of ether oxygens (including phenoxy) is 3. The van der Waals surface area contributed by atoms with Gasteiger partial charge in [-0.25, -0.2) is 0 Å². The van der Waals surface area contributed by atoms with Crippen LogP contribution in [-0.2, 0) is 27.2 Å². The summed E-state index contributed by atoms with van der Waals surface area (Å²) in [6.07, 6.45) is 1.27. The summed E-state index contributed by atoms with van der Waals surface area (Å²) in [6.45, 7) is 6.83. The van der Waals surface area contributed by atoms with E-state index in [1.165, 1.54) is 13.8 Å². The van der Waals surface area contributed by atoms with E-state index in [4.69, 9.17) is 14.2 Å². The van der Waals surface area contributed by atoms with Gasteiger partial charge < -0.3 is 14.2 Å². The van der Waals surface area contributed by atoms with Crippen LogP contribution in [0.5, 0.6) is 11.5 Å². The molecule has 0 radical (unpaired) electrons. The largest absolute Gasteiger partial charge is 0.426 e. The van der Waals surface area contributed by atoms with Crippen molar-refractivity contribution in [2.24, 2.45) is 0 Å². The van der Waals surface area contributed by atoms with Crippen LogP contribution in [0.15, 0.2) is 12.1 Å². The van der Waals surface area contributed by atoms with Crippen molar-refractivity contribution in [3.05, 3.63) is 23.3 Å². The summed E-state index contributed by atoms with van der Waals surface area (Å²) in [7, 11) is 0. The van der Waals surface area contributed by atoms with Gasteiger partial charge in [0.15, 0.2) is 0 Å². The van der Waals surface area contributed by atoms with Gasteiger partial charge in [-0.15, -0.1) is 0 Å². The van der Waals surface area contributed by atoms with Gasteiger partial charge in [0.1, 0.15) is 11.5 Å². The molecule has 3 rings (SSSR count). The highest BCUT2D eigenvalue weighted by atomic mass is 16.6. The quantitative estimate of drug-likeness (QED) is 0.474. The molecular formula is C16H18O5. The van der Waals surface area contributed by atoms with Crippen molar-refractivity contribution in [3.63, 3.8) is 0 Å². The Hall–Kier alpha value is -1.88. The molecular weight excluding hydrogens is 272 g/mol. The van der Waals surface area contributed by atoms with Gasteiger partial charge in [0.2, 0.25) is 0 Å². The lowest BCUT2D eigenvalue weighted by Gasteiger charge is -2.25. The van der Waals surface area contributed by atoms with Crippen molar-refractivity contribution in [2.75, 3.05) is 0 Å². The normalized spacial score (nSPS) is 29.1. The molecule has 2 aliphatic rings. The summed E-state index contributed by atoms with van der Waals surface area (Å²) in [5.41, 5.74) is 1.29. The highest BCUT2D eigenvalue weighted by Crippen LogP contribution is 2.57. The zero-order valence-electron chi connectivity index (χ0n) is 12.6. The van der Waals surface area contributed by atoms with Crippen LogP contribution in [0, 0.1) is 0 Å². The molecule has 2 atom stereocenters. The molecule has 112 valence electrons. The molecule has 1 aromatic carbocycles. The average Bonchev–Trinajstić information content (AvgIpc) is 2.90. The first kappa shape index (κ1) is 14.1. The molecule has 1 aliphatic heterocycles. The van der Waals surface area contributed by atoms with Crippen LogP contribution in [0.25, 0.3) is 0 Å². The van der Waals surface area contributed by atoms with Gasteiger partial charge in [0.25, 0.3) is 0 Å². The first-order valence-corrected chi connectivity index (χ1v) is 6.96. The Morgan fingerprint density at radius 2 is 1.33 bits per heavy atom. The monoisotopic (exact) mass is 290 g/mol. The third-order valence-corrected chi connectivity index (χ3v) is 4.41. The molecule has 0 aromatic heterocycles. The van der Waals surface area contributed by atoms with E-state index in [2.05, 4.69) is 0 Å². The summed E-state index contributed by atoms with van der Waals surface area (Å²) >= 11 is 0. The summed E-state index contributed by atoms with van der Waals surface area (Å²) in [5.74, 6) is 0.305. The van der Waals surface area contributed by atoms with E-state index < -0.39 is 0 Å². The molecule has 1 saturated heterocycles. The second kappa shape index (κ2) is 4.31. The fraction of sp³-hybridized carbons (Fsp3) is 0.500. The number of epoxide rings is 1. The predicted molar refractivity (Wildman–Crippen MR) is 74.4 cm³/mol. The standard InChI is InChI=1S/C16H18O5/c1-9(17)19-13-5-6-14(20-10(2)18)12-8-16(4)15(3,21-16)7-11(12)13/h5-6H,7-8H2,1-4H3/t15-,16-/m1/s1. The van der Waals surface area contributed by atoms with Crippen molar-refractivity contribution in [1.29, 1.82) is 0 Å². The third kappa shape index (κ3) is 2.21. The van der Waals surface area contributed by atoms with Crippen LogP contribution in [-0.4, -0.2) is 23.1 Å². The minimum absolute atomic E-state index is 0.246. The van der Waals surface area contributed by atoms with Gasteiger partial charge in [0.05, 0.1) is 11.2 Å². The lowest BCUT2D eigenvalue weighted by Crippen LogP contribution is -2.31. The van der Waals surface area contributed by atoms with Crippen LogP contribution in [0.3, 0.4) is 0 Å². The topological polar surface area (TPSA) is 65.1 Å². The van der Waals surface area contributed by atoms with Crippen LogP contribution in [0.1, 0.15) is 38.8 Å². The zero-order chi connectivity index (χ0) is 15.4. The van der Waals surface area contributed by atoms with E-state index in [0.29, 0.717) is 24.3 Å². The van der Waals surface area contributed by atoms with Crippen LogP contribution in [0.4, 0.5) is 0 Å². The number of benzene rings is 1. The molecule has 0 spiro atoms. The molecule has 5 heteroatoms. The molecule has 1 aliphatic carbocycles. The molecule has 0 unspecified atom stereocenters. The molecule has 0 saturated carbocycles. The minimum Gasteiger partial charge on any atom is -0.426 e. The van der Waals surface area contributed by atoms with Gasteiger partial charge in [0, 0.05) is 37.8 Å². The maximum absolute atomic E-state index is 11.3. The molecule has 1 heterocycles. The van der Waals surface area contributed by atoms with Gasteiger partial charge in [-0.1, -0.05) is 0 Å². The number of esters is 2. The predicted octanol–water partition coefficient (Wildman–Crippen LogP) is 2.18. The Morgan fingerprint density at radius 1 is 0.952 bits per heavy atom. The molecule has 1 fully saturated rings. The van der Waals surface area contributed by atoms with Crippen molar-refractivity contribution >= 4 is 11.9 Å². The van der Waals surface area contributed by atoms with Crippen molar-refractivity contribution in [3.8, 4) is 11.5 Å². The van der Waals surface area contributed by atoms with E-state index in [1.54, 1.807) is 12.1 Å². The number of hydrogen-bond donors (Lipinski definition) is 0. The summed E-state index contributed by atoms with van der Waals surface area (Å²) in [6, 6.07) is 3.35. The van der Waals surface area contributed by atoms with Gasteiger partial charge in [-0.05, 0) is 26.0 Å². The Balaban J connectivity index is 2.07. The molecule has 21 heavy (non-hydrogen) atoms. The zero-order valence-corrected chi connectivity index (χ0v) is 12.6. The Morgan fingerprint density at radius 3 is 1.67 bits per heavy atom.